The molecule has 0 bridgehead atoms. The third-order valence-corrected chi connectivity index (χ3v) is 15.2. The first kappa shape index (κ1) is 73.0. The summed E-state index contributed by atoms with van der Waals surface area (Å²) in [5, 5.41) is 3.03. The maximum Gasteiger partial charge on any atom is 0.306 e. The number of phosphoric ester groups is 1. The average molecular weight is 1080 g/mol. The predicted molar refractivity (Wildman–Crippen MR) is 321 cm³/mol. The van der Waals surface area contributed by atoms with Crippen molar-refractivity contribution in [2.45, 2.75) is 315 Å². The third-order valence-electron chi connectivity index (χ3n) is 14.2. The third kappa shape index (κ3) is 56.5. The smallest absolute Gasteiger partial charge is 0.306 e. The molecule has 1 amide bonds. The molecule has 0 aliphatic carbocycles. The van der Waals surface area contributed by atoms with Crippen LogP contribution >= 0.6 is 7.82 Å². The molecule has 0 aliphatic heterocycles. The van der Waals surface area contributed by atoms with Gasteiger partial charge in [-0.1, -0.05) is 250 Å². The van der Waals surface area contributed by atoms with E-state index in [2.05, 4.69) is 62.5 Å². The van der Waals surface area contributed by atoms with Crippen LogP contribution in [-0.4, -0.2) is 69.4 Å². The zero-order valence-electron chi connectivity index (χ0n) is 50.3. The van der Waals surface area contributed by atoms with Crippen molar-refractivity contribution in [1.82, 2.24) is 5.32 Å². The molecule has 3 atom stereocenters. The number of likely N-dealkylation sites (N-methyl/N-ethyl adjacent to an activating group) is 1. The van der Waals surface area contributed by atoms with E-state index in [1.54, 1.807) is 0 Å². The topological polar surface area (TPSA) is 114 Å². The highest BCUT2D eigenvalue weighted by molar-refractivity contribution is 7.45. The van der Waals surface area contributed by atoms with Crippen molar-refractivity contribution in [3.05, 3.63) is 48.6 Å². The summed E-state index contributed by atoms with van der Waals surface area (Å²) in [4.78, 5) is 40.0. The first-order valence-electron chi connectivity index (χ1n) is 31.9. The minimum atomic E-state index is -4.70. The summed E-state index contributed by atoms with van der Waals surface area (Å²) in [7, 11) is 1.19. The van der Waals surface area contributed by atoms with E-state index in [-0.39, 0.29) is 31.5 Å². The van der Waals surface area contributed by atoms with Crippen molar-refractivity contribution in [3.8, 4) is 0 Å². The van der Waals surface area contributed by atoms with Crippen LogP contribution in [0, 0.1) is 0 Å². The Labute approximate surface area is 465 Å². The Bertz CT molecular complexity index is 1420. The highest BCUT2D eigenvalue weighted by Gasteiger charge is 2.27. The molecule has 1 N–H and O–H groups in total. The molecule has 0 saturated carbocycles. The number of hydrogen-bond acceptors (Lipinski definition) is 7. The average Bonchev–Trinajstić information content (AvgIpc) is 3.37. The molecule has 0 rings (SSSR count). The van der Waals surface area contributed by atoms with Crippen LogP contribution in [0.2, 0.25) is 0 Å². The van der Waals surface area contributed by atoms with E-state index < -0.39 is 20.0 Å². The Hall–Kier alpha value is -2.03. The van der Waals surface area contributed by atoms with Crippen LogP contribution in [0.25, 0.3) is 0 Å². The zero-order valence-corrected chi connectivity index (χ0v) is 51.2. The number of rotatable bonds is 58. The lowest BCUT2D eigenvalue weighted by molar-refractivity contribution is -0.870. The van der Waals surface area contributed by atoms with Gasteiger partial charge >= 0.3 is 5.97 Å². The number of carbonyl (C=O) groups excluding carboxylic acids is 2. The van der Waals surface area contributed by atoms with Crippen molar-refractivity contribution in [1.29, 1.82) is 0 Å². The van der Waals surface area contributed by atoms with Gasteiger partial charge in [0.15, 0.2) is 0 Å². The number of amides is 1. The molecule has 0 aliphatic rings. The van der Waals surface area contributed by atoms with E-state index in [0.717, 1.165) is 64.2 Å². The fourth-order valence-corrected chi connectivity index (χ4v) is 9.98. The SMILES string of the molecule is CCCCC/C=C\C/C=C\CCCCCCCCCCCC(=O)OC(/C=C/CCCCCCCCCCC)C(COP(=O)([O-])OCC[N+](C)(C)C)NC(=O)CCCCCCCCCCC/C=C/CCCCCCCC. The van der Waals surface area contributed by atoms with Gasteiger partial charge in [-0.3, -0.25) is 14.2 Å². The van der Waals surface area contributed by atoms with Crippen molar-refractivity contribution < 1.29 is 37.3 Å². The summed E-state index contributed by atoms with van der Waals surface area (Å²) in [6.07, 6.45) is 67.9. The van der Waals surface area contributed by atoms with E-state index in [1.807, 2.05) is 33.3 Å². The summed E-state index contributed by atoms with van der Waals surface area (Å²) in [6.45, 7) is 6.83. The Morgan fingerprint density at radius 3 is 1.24 bits per heavy atom. The van der Waals surface area contributed by atoms with Crippen molar-refractivity contribution >= 4 is 19.7 Å². The number of allylic oxidation sites excluding steroid dienone is 7. The molecular formula is C65H123N2O7P. The number of carbonyl (C=O) groups is 2. The monoisotopic (exact) mass is 1070 g/mol. The first-order chi connectivity index (χ1) is 36.4. The second kappa shape index (κ2) is 55.3. The number of phosphoric acid groups is 1. The maximum atomic E-state index is 13.5. The maximum absolute atomic E-state index is 13.5. The van der Waals surface area contributed by atoms with Crippen LogP contribution < -0.4 is 10.2 Å². The number of hydrogen-bond donors (Lipinski definition) is 1. The van der Waals surface area contributed by atoms with Gasteiger partial charge in [-0.25, -0.2) is 0 Å². The van der Waals surface area contributed by atoms with Crippen molar-refractivity contribution in [2.75, 3.05) is 40.9 Å². The Balaban J connectivity index is 5.18. The van der Waals surface area contributed by atoms with Crippen LogP contribution in [0.1, 0.15) is 303 Å². The molecule has 75 heavy (non-hydrogen) atoms. The van der Waals surface area contributed by atoms with Gasteiger partial charge in [0, 0.05) is 12.8 Å². The molecule has 0 aromatic rings. The molecule has 0 heterocycles. The Morgan fingerprint density at radius 2 is 0.813 bits per heavy atom. The molecule has 3 unspecified atom stereocenters. The Morgan fingerprint density at radius 1 is 0.467 bits per heavy atom. The van der Waals surface area contributed by atoms with Crippen LogP contribution in [0.3, 0.4) is 0 Å². The second-order valence-corrected chi connectivity index (χ2v) is 24.3. The van der Waals surface area contributed by atoms with Crippen LogP contribution in [0.15, 0.2) is 48.6 Å². The molecule has 0 radical (unpaired) electrons. The molecular weight excluding hydrogens is 952 g/mol. The number of nitrogens with zero attached hydrogens (tertiary/aromatic N) is 1. The minimum absolute atomic E-state index is 0.0229. The number of unbranched alkanes of at least 4 members (excludes halogenated alkanes) is 36. The van der Waals surface area contributed by atoms with Crippen molar-refractivity contribution in [2.24, 2.45) is 0 Å². The fourth-order valence-electron chi connectivity index (χ4n) is 9.25. The van der Waals surface area contributed by atoms with E-state index in [1.165, 1.54) is 205 Å². The molecule has 440 valence electrons. The van der Waals surface area contributed by atoms with Gasteiger partial charge in [0.1, 0.15) is 19.3 Å². The zero-order chi connectivity index (χ0) is 55.0. The summed E-state index contributed by atoms with van der Waals surface area (Å²) in [6, 6.07) is -0.890. The number of esters is 1. The molecule has 9 nitrogen and oxygen atoms in total. The number of nitrogens with one attached hydrogen (secondary N) is 1. The van der Waals surface area contributed by atoms with E-state index in [4.69, 9.17) is 13.8 Å². The highest BCUT2D eigenvalue weighted by atomic mass is 31.2. The van der Waals surface area contributed by atoms with Gasteiger partial charge in [-0.2, -0.15) is 0 Å². The molecule has 0 aromatic carbocycles. The van der Waals surface area contributed by atoms with Crippen molar-refractivity contribution in [3.63, 3.8) is 0 Å². The lowest BCUT2D eigenvalue weighted by Gasteiger charge is -2.30. The minimum Gasteiger partial charge on any atom is -0.756 e. The van der Waals surface area contributed by atoms with Gasteiger partial charge in [0.25, 0.3) is 7.82 Å². The second-order valence-electron chi connectivity index (χ2n) is 22.9. The summed E-state index contributed by atoms with van der Waals surface area (Å²) < 4.78 is 30.3. The van der Waals surface area contributed by atoms with Crippen LogP contribution in [-0.2, 0) is 27.9 Å². The Kier molecular flexibility index (Phi) is 53.8. The van der Waals surface area contributed by atoms with Gasteiger partial charge < -0.3 is 28.5 Å². The fraction of sp³-hybridized carbons (Fsp3) is 0.846. The summed E-state index contributed by atoms with van der Waals surface area (Å²) in [5.41, 5.74) is 0. The standard InChI is InChI=1S/C65H123N2O7P/c1-7-10-13-16-19-22-25-27-29-31-33-35-37-39-42-45-48-51-54-57-64(68)66-62(61-73-75(70,71)72-60-59-67(4,5)6)63(56-53-50-47-44-41-24-21-18-15-12-9-3)74-65(69)58-55-52-49-46-43-40-38-36-34-32-30-28-26-23-20-17-14-11-8-2/h20,23,27-30,53,56,62-63H,7-19,21-22,24-26,31-52,54-55,57-61H2,1-6H3,(H-,66,68,70,71)/b23-20-,29-27+,30-28-,56-53+. The predicted octanol–water partition coefficient (Wildman–Crippen LogP) is 19.0. The number of ether oxygens (including phenoxy) is 1. The van der Waals surface area contributed by atoms with Gasteiger partial charge in [-0.15, -0.1) is 0 Å². The molecule has 10 heteroatoms. The molecule has 0 aromatic heterocycles. The van der Waals surface area contributed by atoms with Gasteiger partial charge in [0.05, 0.1) is 33.8 Å². The van der Waals surface area contributed by atoms with Crippen LogP contribution in [0.5, 0.6) is 0 Å². The van der Waals surface area contributed by atoms with Gasteiger partial charge in [0.2, 0.25) is 5.91 Å². The lowest BCUT2D eigenvalue weighted by Crippen LogP contribution is -2.47. The molecule has 0 saturated heterocycles. The van der Waals surface area contributed by atoms with Gasteiger partial charge in [-0.05, 0) is 89.5 Å². The lowest BCUT2D eigenvalue weighted by atomic mass is 10.0. The quantitative estimate of drug-likeness (QED) is 0.0212. The highest BCUT2D eigenvalue weighted by Crippen LogP contribution is 2.38. The number of quaternary nitrogens is 1. The molecule has 0 spiro atoms. The first-order valence-corrected chi connectivity index (χ1v) is 33.4. The summed E-state index contributed by atoms with van der Waals surface area (Å²) >= 11 is 0. The van der Waals surface area contributed by atoms with Crippen LogP contribution in [0.4, 0.5) is 0 Å². The molecule has 0 fully saturated rings. The van der Waals surface area contributed by atoms with E-state index >= 15 is 0 Å². The van der Waals surface area contributed by atoms with E-state index in [0.29, 0.717) is 17.4 Å². The normalized spacial score (nSPS) is 14.0. The van der Waals surface area contributed by atoms with E-state index in [9.17, 15) is 19.0 Å². The largest absolute Gasteiger partial charge is 0.756 e. The summed E-state index contributed by atoms with van der Waals surface area (Å²) in [5.74, 6) is -0.540.